The zero-order valence-electron chi connectivity index (χ0n) is 15.4. The first-order valence-electron chi connectivity index (χ1n) is 10.3. The molecule has 0 aromatic heterocycles. The highest BCUT2D eigenvalue weighted by molar-refractivity contribution is 5.96. The van der Waals surface area contributed by atoms with Crippen molar-refractivity contribution in [1.82, 2.24) is 4.90 Å². The van der Waals surface area contributed by atoms with Crippen LogP contribution >= 0.6 is 0 Å². The fourth-order valence-electron chi connectivity index (χ4n) is 6.38. The number of hydrogen-bond donors (Lipinski definition) is 0. The monoisotopic (exact) mass is 338 g/mol. The lowest BCUT2D eigenvalue weighted by Gasteiger charge is -2.36. The quantitative estimate of drug-likeness (QED) is 0.810. The number of carbonyl (C=O) groups excluding carboxylic acids is 1. The summed E-state index contributed by atoms with van der Waals surface area (Å²) in [5.74, 6) is 0.971. The fraction of sp³-hybridized carbons (Fsp3) is 0.682. The van der Waals surface area contributed by atoms with Crippen LogP contribution in [-0.2, 0) is 10.2 Å². The van der Waals surface area contributed by atoms with E-state index in [2.05, 4.69) is 41.1 Å². The van der Waals surface area contributed by atoms with E-state index >= 15 is 0 Å². The number of para-hydroxylation sites is 1. The van der Waals surface area contributed by atoms with Crippen LogP contribution in [-0.4, -0.2) is 36.5 Å². The van der Waals surface area contributed by atoms with E-state index in [1.54, 1.807) is 0 Å². The Labute approximate surface area is 151 Å². The zero-order valence-corrected chi connectivity index (χ0v) is 15.4. The summed E-state index contributed by atoms with van der Waals surface area (Å²) in [6, 6.07) is 10.2. The molecule has 2 unspecified atom stereocenters. The number of benzene rings is 1. The van der Waals surface area contributed by atoms with Gasteiger partial charge < -0.3 is 9.80 Å². The number of carbonyl (C=O) groups is 1. The fourth-order valence-corrected chi connectivity index (χ4v) is 6.38. The number of rotatable bonds is 2. The molecule has 0 N–H and O–H groups in total. The van der Waals surface area contributed by atoms with E-state index in [4.69, 9.17) is 0 Å². The van der Waals surface area contributed by atoms with Gasteiger partial charge in [0.25, 0.3) is 0 Å². The van der Waals surface area contributed by atoms with E-state index < -0.39 is 0 Å². The molecule has 0 radical (unpaired) electrons. The lowest BCUT2D eigenvalue weighted by molar-refractivity contribution is -0.120. The van der Waals surface area contributed by atoms with Crippen LogP contribution in [0.25, 0.3) is 0 Å². The van der Waals surface area contributed by atoms with Gasteiger partial charge in [0.1, 0.15) is 0 Å². The van der Waals surface area contributed by atoms with Crippen molar-refractivity contribution < 1.29 is 4.79 Å². The van der Waals surface area contributed by atoms with Crippen molar-refractivity contribution in [1.29, 1.82) is 0 Å². The molecule has 2 bridgehead atoms. The maximum absolute atomic E-state index is 13.2. The van der Waals surface area contributed by atoms with Crippen LogP contribution in [0.15, 0.2) is 24.3 Å². The summed E-state index contributed by atoms with van der Waals surface area (Å²) in [6.07, 6.45) is 11.0. The molecular formula is C22H30N2O. The molecule has 1 aliphatic carbocycles. The van der Waals surface area contributed by atoms with Gasteiger partial charge >= 0.3 is 0 Å². The first kappa shape index (κ1) is 15.9. The van der Waals surface area contributed by atoms with Gasteiger partial charge in [-0.2, -0.15) is 0 Å². The summed E-state index contributed by atoms with van der Waals surface area (Å²) < 4.78 is 0. The Morgan fingerprint density at radius 2 is 1.80 bits per heavy atom. The van der Waals surface area contributed by atoms with Gasteiger partial charge in [-0.25, -0.2) is 0 Å². The van der Waals surface area contributed by atoms with Crippen molar-refractivity contribution in [2.24, 2.45) is 5.92 Å². The minimum Gasteiger partial charge on any atom is -0.311 e. The van der Waals surface area contributed by atoms with E-state index in [1.165, 1.54) is 62.6 Å². The number of fused-ring (bicyclic) bond motifs is 4. The average Bonchev–Trinajstić information content (AvgIpc) is 3.26. The lowest BCUT2D eigenvalue weighted by atomic mass is 9.81. The predicted molar refractivity (Wildman–Crippen MR) is 101 cm³/mol. The van der Waals surface area contributed by atoms with E-state index in [-0.39, 0.29) is 5.41 Å². The molecule has 25 heavy (non-hydrogen) atoms. The van der Waals surface area contributed by atoms with Crippen LogP contribution in [0.1, 0.15) is 63.4 Å². The minimum atomic E-state index is 0.262. The number of hydrogen-bond acceptors (Lipinski definition) is 2. The second-order valence-corrected chi connectivity index (χ2v) is 9.08. The Hall–Kier alpha value is -1.35. The third-order valence-electron chi connectivity index (χ3n) is 7.75. The van der Waals surface area contributed by atoms with Crippen molar-refractivity contribution >= 4 is 11.6 Å². The topological polar surface area (TPSA) is 23.6 Å². The number of anilines is 1. The molecule has 1 amide bonds. The third-order valence-corrected chi connectivity index (χ3v) is 7.75. The van der Waals surface area contributed by atoms with Crippen LogP contribution < -0.4 is 4.90 Å². The normalized spacial score (nSPS) is 33.2. The average molecular weight is 338 g/mol. The van der Waals surface area contributed by atoms with Gasteiger partial charge in [-0.3, -0.25) is 4.79 Å². The SMILES string of the molecule is CN1C2CCC1CC(CC(=O)N1CC3(CCCC3)c3ccccc31)C2. The molecular weight excluding hydrogens is 308 g/mol. The van der Waals surface area contributed by atoms with Gasteiger partial charge in [0.05, 0.1) is 0 Å². The molecule has 1 aromatic carbocycles. The van der Waals surface area contributed by atoms with E-state index in [0.717, 1.165) is 25.0 Å². The lowest BCUT2D eigenvalue weighted by Crippen LogP contribution is -2.42. The van der Waals surface area contributed by atoms with Crippen LogP contribution in [0.2, 0.25) is 0 Å². The van der Waals surface area contributed by atoms with Crippen molar-refractivity contribution in [2.75, 3.05) is 18.5 Å². The number of amides is 1. The molecule has 5 rings (SSSR count). The highest BCUT2D eigenvalue weighted by Crippen LogP contribution is 2.50. The molecule has 1 spiro atoms. The number of nitrogens with zero attached hydrogens (tertiary/aromatic N) is 2. The molecule has 4 aliphatic rings. The summed E-state index contributed by atoms with van der Waals surface area (Å²) in [5.41, 5.74) is 2.92. The summed E-state index contributed by atoms with van der Waals surface area (Å²) >= 11 is 0. The van der Waals surface area contributed by atoms with Crippen molar-refractivity contribution in [3.63, 3.8) is 0 Å². The van der Waals surface area contributed by atoms with Crippen LogP contribution in [0.3, 0.4) is 0 Å². The summed E-state index contributed by atoms with van der Waals surface area (Å²) in [6.45, 7) is 0.935. The Kier molecular flexibility index (Phi) is 3.70. The minimum absolute atomic E-state index is 0.262. The van der Waals surface area contributed by atoms with Crippen LogP contribution in [0.5, 0.6) is 0 Å². The number of piperidine rings is 1. The Morgan fingerprint density at radius 1 is 1.12 bits per heavy atom. The third kappa shape index (κ3) is 2.46. The second-order valence-electron chi connectivity index (χ2n) is 9.08. The summed E-state index contributed by atoms with van der Waals surface area (Å²) in [7, 11) is 2.28. The van der Waals surface area contributed by atoms with Crippen molar-refractivity contribution in [3.8, 4) is 0 Å². The Morgan fingerprint density at radius 3 is 2.52 bits per heavy atom. The molecule has 3 heterocycles. The summed E-state index contributed by atoms with van der Waals surface area (Å²) in [4.78, 5) is 18.0. The molecule has 134 valence electrons. The van der Waals surface area contributed by atoms with Crippen LogP contribution in [0, 0.1) is 5.92 Å². The molecule has 3 fully saturated rings. The summed E-state index contributed by atoms with van der Waals surface area (Å²) in [5, 5.41) is 0. The molecule has 3 heteroatoms. The Bertz CT molecular complexity index is 664. The van der Waals surface area contributed by atoms with E-state index in [0.29, 0.717) is 11.8 Å². The molecule has 1 aromatic rings. The van der Waals surface area contributed by atoms with Crippen LogP contribution in [0.4, 0.5) is 5.69 Å². The molecule has 3 aliphatic heterocycles. The first-order valence-corrected chi connectivity index (χ1v) is 10.3. The second kappa shape index (κ2) is 5.84. The maximum atomic E-state index is 13.2. The highest BCUT2D eigenvalue weighted by Gasteiger charge is 2.46. The first-order chi connectivity index (χ1) is 12.2. The molecule has 3 nitrogen and oxygen atoms in total. The largest absolute Gasteiger partial charge is 0.311 e. The standard InChI is InChI=1S/C22H30N2O/c1-23-17-8-9-18(23)13-16(12-17)14-21(25)24-15-22(10-4-5-11-22)19-6-2-3-7-20(19)24/h2-3,6-7,16-18H,4-5,8-15H2,1H3. The maximum Gasteiger partial charge on any atom is 0.227 e. The Balaban J connectivity index is 1.35. The molecule has 2 atom stereocenters. The van der Waals surface area contributed by atoms with Gasteiger partial charge in [-0.1, -0.05) is 31.0 Å². The van der Waals surface area contributed by atoms with Gasteiger partial charge in [-0.15, -0.1) is 0 Å². The van der Waals surface area contributed by atoms with E-state index in [9.17, 15) is 4.79 Å². The van der Waals surface area contributed by atoms with Crippen molar-refractivity contribution in [3.05, 3.63) is 29.8 Å². The van der Waals surface area contributed by atoms with Gasteiger partial charge in [0, 0.05) is 36.2 Å². The van der Waals surface area contributed by atoms with Crippen molar-refractivity contribution in [2.45, 2.75) is 75.3 Å². The van der Waals surface area contributed by atoms with E-state index in [1.807, 2.05) is 0 Å². The van der Waals surface area contributed by atoms with Gasteiger partial charge in [0.15, 0.2) is 0 Å². The predicted octanol–water partition coefficient (Wildman–Crippen LogP) is 4.11. The molecule has 2 saturated heterocycles. The molecule has 1 saturated carbocycles. The highest BCUT2D eigenvalue weighted by atomic mass is 16.2. The zero-order chi connectivity index (χ0) is 17.0. The van der Waals surface area contributed by atoms with Gasteiger partial charge in [0.2, 0.25) is 5.91 Å². The smallest absolute Gasteiger partial charge is 0.227 e. The van der Waals surface area contributed by atoms with Gasteiger partial charge in [-0.05, 0) is 63.1 Å².